The van der Waals surface area contributed by atoms with Gasteiger partial charge < -0.3 is 13.9 Å². The van der Waals surface area contributed by atoms with Gasteiger partial charge in [-0.05, 0) is 20.0 Å². The third-order valence-corrected chi connectivity index (χ3v) is 4.60. The Morgan fingerprint density at radius 2 is 2.17 bits per heavy atom. The first-order valence-corrected chi connectivity index (χ1v) is 8.07. The summed E-state index contributed by atoms with van der Waals surface area (Å²) >= 11 is 0. The summed E-state index contributed by atoms with van der Waals surface area (Å²) in [6.45, 7) is 6.12. The van der Waals surface area contributed by atoms with Crippen LogP contribution in [0.2, 0.25) is 0 Å². The summed E-state index contributed by atoms with van der Waals surface area (Å²) in [6.07, 6.45) is 4.54. The van der Waals surface area contributed by atoms with Crippen LogP contribution in [0.4, 0.5) is 0 Å². The lowest BCUT2D eigenvalue weighted by atomic mass is 10.1. The van der Waals surface area contributed by atoms with Crippen molar-refractivity contribution in [2.24, 2.45) is 7.05 Å². The van der Waals surface area contributed by atoms with Crippen molar-refractivity contribution in [3.63, 3.8) is 0 Å². The fraction of sp³-hybridized carbons (Fsp3) is 0.529. The summed E-state index contributed by atoms with van der Waals surface area (Å²) in [5.74, 6) is 2.30. The van der Waals surface area contributed by atoms with Crippen LogP contribution in [0, 0.1) is 6.92 Å². The van der Waals surface area contributed by atoms with E-state index in [0.717, 1.165) is 30.1 Å². The van der Waals surface area contributed by atoms with Gasteiger partial charge in [0.15, 0.2) is 5.76 Å². The molecule has 23 heavy (non-hydrogen) atoms. The molecule has 1 unspecified atom stereocenters. The second kappa shape index (κ2) is 6.20. The van der Waals surface area contributed by atoms with Gasteiger partial charge in [-0.15, -0.1) is 0 Å². The second-order valence-corrected chi connectivity index (χ2v) is 6.22. The largest absolute Gasteiger partial charge is 0.456 e. The number of aryl methyl sites for hydroxylation is 3. The molecule has 0 aromatic carbocycles. The number of amides is 1. The number of imidazole rings is 1. The number of hydrogen-bond acceptors (Lipinski definition) is 4. The first-order chi connectivity index (χ1) is 11.0. The zero-order valence-electron chi connectivity index (χ0n) is 14.2. The zero-order valence-corrected chi connectivity index (χ0v) is 14.2. The fourth-order valence-electron chi connectivity index (χ4n) is 3.11. The first kappa shape index (κ1) is 15.8. The van der Waals surface area contributed by atoms with E-state index in [9.17, 15) is 4.79 Å². The molecule has 2 aromatic rings. The van der Waals surface area contributed by atoms with Gasteiger partial charge in [-0.1, -0.05) is 6.92 Å². The highest BCUT2D eigenvalue weighted by molar-refractivity contribution is 5.93. The van der Waals surface area contributed by atoms with E-state index in [1.54, 1.807) is 6.20 Å². The number of aromatic nitrogens is 2. The Morgan fingerprint density at radius 3 is 2.78 bits per heavy atom. The van der Waals surface area contributed by atoms with Crippen LogP contribution in [0.3, 0.4) is 0 Å². The smallest absolute Gasteiger partial charge is 0.289 e. The number of carbonyl (C=O) groups is 1. The van der Waals surface area contributed by atoms with Crippen LogP contribution in [0.1, 0.15) is 40.7 Å². The molecule has 0 aliphatic carbocycles. The van der Waals surface area contributed by atoms with Crippen molar-refractivity contribution in [3.8, 4) is 0 Å². The summed E-state index contributed by atoms with van der Waals surface area (Å²) in [4.78, 5) is 21.4. The molecule has 1 aliphatic rings. The predicted octanol–water partition coefficient (Wildman–Crippen LogP) is 2.01. The molecule has 124 valence electrons. The lowest BCUT2D eigenvalue weighted by Crippen LogP contribution is -2.49. The van der Waals surface area contributed by atoms with Crippen LogP contribution < -0.4 is 0 Å². The van der Waals surface area contributed by atoms with Gasteiger partial charge in [0, 0.05) is 51.1 Å². The molecule has 3 rings (SSSR count). The average molecular weight is 316 g/mol. The van der Waals surface area contributed by atoms with Crippen molar-refractivity contribution in [2.45, 2.75) is 26.3 Å². The quantitative estimate of drug-likeness (QED) is 0.869. The third kappa shape index (κ3) is 2.91. The molecule has 1 fully saturated rings. The summed E-state index contributed by atoms with van der Waals surface area (Å²) in [5, 5.41) is 0. The molecule has 1 atom stereocenters. The summed E-state index contributed by atoms with van der Waals surface area (Å²) in [6, 6.07) is 2.06. The lowest BCUT2D eigenvalue weighted by molar-refractivity contribution is 0.0498. The Kier molecular flexibility index (Phi) is 4.26. The molecule has 0 N–H and O–H groups in total. The molecule has 0 bridgehead atoms. The molecule has 0 saturated carbocycles. The third-order valence-electron chi connectivity index (χ3n) is 4.60. The highest BCUT2D eigenvalue weighted by Gasteiger charge is 2.32. The van der Waals surface area contributed by atoms with Crippen molar-refractivity contribution < 1.29 is 9.21 Å². The van der Waals surface area contributed by atoms with Crippen molar-refractivity contribution in [2.75, 3.05) is 26.7 Å². The number of furan rings is 1. The number of carbonyl (C=O) groups excluding carboxylic acids is 1. The van der Waals surface area contributed by atoms with E-state index in [0.29, 0.717) is 18.8 Å². The van der Waals surface area contributed by atoms with Crippen LogP contribution in [0.25, 0.3) is 0 Å². The highest BCUT2D eigenvalue weighted by Crippen LogP contribution is 2.25. The molecule has 0 radical (unpaired) electrons. The Labute approximate surface area is 136 Å². The Morgan fingerprint density at radius 1 is 1.39 bits per heavy atom. The molecular formula is C17H24N4O2. The number of likely N-dealkylation sites (N-methyl/N-ethyl adjacent to an activating group) is 1. The predicted molar refractivity (Wildman–Crippen MR) is 87.3 cm³/mol. The van der Waals surface area contributed by atoms with Crippen molar-refractivity contribution >= 4 is 5.91 Å². The van der Waals surface area contributed by atoms with Crippen molar-refractivity contribution in [1.29, 1.82) is 0 Å². The van der Waals surface area contributed by atoms with E-state index >= 15 is 0 Å². The van der Waals surface area contributed by atoms with Crippen LogP contribution in [0.5, 0.6) is 0 Å². The zero-order chi connectivity index (χ0) is 16.6. The minimum atomic E-state index is -0.0190. The van der Waals surface area contributed by atoms with Gasteiger partial charge in [0.05, 0.1) is 6.04 Å². The van der Waals surface area contributed by atoms with Crippen LogP contribution >= 0.6 is 0 Å². The van der Waals surface area contributed by atoms with E-state index in [4.69, 9.17) is 4.42 Å². The monoisotopic (exact) mass is 316 g/mol. The van der Waals surface area contributed by atoms with Gasteiger partial charge >= 0.3 is 0 Å². The molecular weight excluding hydrogens is 292 g/mol. The molecule has 1 aliphatic heterocycles. The Balaban J connectivity index is 1.82. The number of nitrogens with zero attached hydrogens (tertiary/aromatic N) is 4. The van der Waals surface area contributed by atoms with Gasteiger partial charge in [-0.2, -0.15) is 0 Å². The minimum Gasteiger partial charge on any atom is -0.456 e. The van der Waals surface area contributed by atoms with E-state index in [-0.39, 0.29) is 11.9 Å². The minimum absolute atomic E-state index is 0.0190. The normalized spacial score (nSPS) is 19.3. The van der Waals surface area contributed by atoms with E-state index in [2.05, 4.69) is 16.9 Å². The second-order valence-electron chi connectivity index (χ2n) is 6.22. The number of piperazine rings is 1. The van der Waals surface area contributed by atoms with Gasteiger partial charge in [0.25, 0.3) is 5.91 Å². The van der Waals surface area contributed by atoms with Crippen LogP contribution in [-0.2, 0) is 13.5 Å². The van der Waals surface area contributed by atoms with E-state index in [1.807, 2.05) is 42.6 Å². The van der Waals surface area contributed by atoms with Crippen LogP contribution in [0.15, 0.2) is 22.9 Å². The van der Waals surface area contributed by atoms with Gasteiger partial charge in [0.2, 0.25) is 0 Å². The van der Waals surface area contributed by atoms with E-state index in [1.165, 1.54) is 0 Å². The van der Waals surface area contributed by atoms with E-state index < -0.39 is 0 Å². The molecule has 2 aromatic heterocycles. The lowest BCUT2D eigenvalue weighted by Gasteiger charge is -2.38. The highest BCUT2D eigenvalue weighted by atomic mass is 16.4. The Hall–Kier alpha value is -2.08. The molecule has 0 spiro atoms. The number of hydrogen-bond donors (Lipinski definition) is 0. The maximum Gasteiger partial charge on any atom is 0.289 e. The van der Waals surface area contributed by atoms with Crippen molar-refractivity contribution in [1.82, 2.24) is 19.4 Å². The molecule has 1 amide bonds. The maximum atomic E-state index is 12.8. The molecule has 6 nitrogen and oxygen atoms in total. The molecule has 1 saturated heterocycles. The first-order valence-electron chi connectivity index (χ1n) is 8.07. The number of rotatable bonds is 3. The SMILES string of the molecule is CCc1cc(C)c(C(=O)N2CCN(C)C(c3nccn3C)C2)o1. The Bertz CT molecular complexity index is 703. The van der Waals surface area contributed by atoms with Gasteiger partial charge in [-0.25, -0.2) is 4.98 Å². The summed E-state index contributed by atoms with van der Waals surface area (Å²) in [5.41, 5.74) is 0.916. The maximum absolute atomic E-state index is 12.8. The standard InChI is InChI=1S/C17H24N4O2/c1-5-13-10-12(2)15(23-13)17(22)21-9-8-19(3)14(11-21)16-18-6-7-20(16)4/h6-7,10,14H,5,8-9,11H2,1-4H3. The fourth-order valence-corrected chi connectivity index (χ4v) is 3.11. The van der Waals surface area contributed by atoms with Gasteiger partial charge in [-0.3, -0.25) is 9.69 Å². The topological polar surface area (TPSA) is 54.5 Å². The summed E-state index contributed by atoms with van der Waals surface area (Å²) < 4.78 is 7.75. The molecule has 6 heteroatoms. The average Bonchev–Trinajstić information content (AvgIpc) is 3.13. The summed E-state index contributed by atoms with van der Waals surface area (Å²) in [7, 11) is 4.07. The van der Waals surface area contributed by atoms with Crippen LogP contribution in [-0.4, -0.2) is 51.9 Å². The molecule has 3 heterocycles. The van der Waals surface area contributed by atoms with Gasteiger partial charge in [0.1, 0.15) is 11.6 Å². The van der Waals surface area contributed by atoms with Crippen molar-refractivity contribution in [3.05, 3.63) is 41.4 Å².